The van der Waals surface area contributed by atoms with Crippen molar-refractivity contribution in [3.8, 4) is 0 Å². The molecule has 2 aromatic rings. The molecule has 0 saturated heterocycles. The largest absolute Gasteiger partial charge is 0.310 e. The van der Waals surface area contributed by atoms with Gasteiger partial charge in [-0.25, -0.2) is 0 Å². The van der Waals surface area contributed by atoms with E-state index >= 15 is 0 Å². The predicted octanol–water partition coefficient (Wildman–Crippen LogP) is 5.14. The van der Waals surface area contributed by atoms with Gasteiger partial charge in [-0.2, -0.15) is 0 Å². The lowest BCUT2D eigenvalue weighted by molar-refractivity contribution is 0.506. The fraction of sp³-hybridized carbons (Fsp3) is 0.429. The Kier molecular flexibility index (Phi) is 5.70. The van der Waals surface area contributed by atoms with Crippen LogP contribution in [0.1, 0.15) is 35.6 Å². The predicted molar refractivity (Wildman–Crippen MR) is 83.0 cm³/mol. The lowest BCUT2D eigenvalue weighted by Gasteiger charge is -2.15. The molecular weight excluding hydrogens is 282 g/mol. The molecule has 4 heteroatoms. The van der Waals surface area contributed by atoms with E-state index in [-0.39, 0.29) is 0 Å². The van der Waals surface area contributed by atoms with E-state index in [9.17, 15) is 0 Å². The highest BCUT2D eigenvalue weighted by Gasteiger charge is 2.12. The van der Waals surface area contributed by atoms with Crippen LogP contribution in [0, 0.1) is 0 Å². The second-order valence-electron chi connectivity index (χ2n) is 4.22. The highest BCUT2D eigenvalue weighted by Crippen LogP contribution is 2.29. The van der Waals surface area contributed by atoms with Crippen LogP contribution in [0.4, 0.5) is 0 Å². The number of thiophene rings is 2. The molecule has 0 aliphatic rings. The molecule has 0 fully saturated rings. The number of aryl methyl sites for hydroxylation is 1. The zero-order valence-corrected chi connectivity index (χ0v) is 12.9. The Morgan fingerprint density at radius 1 is 1.33 bits per heavy atom. The van der Waals surface area contributed by atoms with Gasteiger partial charge in [-0.05, 0) is 49.4 Å². The van der Waals surface area contributed by atoms with E-state index in [1.54, 1.807) is 11.3 Å². The molecule has 2 aromatic heterocycles. The van der Waals surface area contributed by atoms with Gasteiger partial charge in [0.05, 0.1) is 4.34 Å². The number of nitrogens with one attached hydrogen (secondary N) is 1. The standard InChI is InChI=1S/C14H18ClNS2/c1-2-16-12(13-8-9-14(15)18-13)7-3-5-11-6-4-10-17-11/h4,6,8-10,12,16H,2-3,5,7H2,1H3. The van der Waals surface area contributed by atoms with Gasteiger partial charge in [0.25, 0.3) is 0 Å². The summed E-state index contributed by atoms with van der Waals surface area (Å²) in [7, 11) is 0. The molecule has 0 spiro atoms. The van der Waals surface area contributed by atoms with Crippen molar-refractivity contribution in [1.82, 2.24) is 5.32 Å². The molecule has 2 heterocycles. The van der Waals surface area contributed by atoms with Crippen molar-refractivity contribution in [1.29, 1.82) is 0 Å². The van der Waals surface area contributed by atoms with Gasteiger partial charge in [-0.15, -0.1) is 22.7 Å². The van der Waals surface area contributed by atoms with Crippen LogP contribution in [-0.4, -0.2) is 6.54 Å². The first kappa shape index (κ1) is 14.1. The van der Waals surface area contributed by atoms with Crippen molar-refractivity contribution < 1.29 is 0 Å². The summed E-state index contributed by atoms with van der Waals surface area (Å²) < 4.78 is 0.881. The minimum absolute atomic E-state index is 0.451. The van der Waals surface area contributed by atoms with Gasteiger partial charge >= 0.3 is 0 Å². The van der Waals surface area contributed by atoms with Crippen LogP contribution in [0.3, 0.4) is 0 Å². The molecule has 0 aromatic carbocycles. The molecule has 0 aliphatic carbocycles. The number of hydrogen-bond donors (Lipinski definition) is 1. The molecule has 0 radical (unpaired) electrons. The summed E-state index contributed by atoms with van der Waals surface area (Å²) in [4.78, 5) is 2.84. The van der Waals surface area contributed by atoms with Crippen LogP contribution in [-0.2, 0) is 6.42 Å². The van der Waals surface area contributed by atoms with E-state index in [0.29, 0.717) is 6.04 Å². The van der Waals surface area contributed by atoms with Crippen LogP contribution >= 0.6 is 34.3 Å². The monoisotopic (exact) mass is 299 g/mol. The van der Waals surface area contributed by atoms with Crippen molar-refractivity contribution in [3.63, 3.8) is 0 Å². The molecule has 1 unspecified atom stereocenters. The van der Waals surface area contributed by atoms with Gasteiger partial charge in [0.2, 0.25) is 0 Å². The van der Waals surface area contributed by atoms with E-state index in [1.807, 2.05) is 17.4 Å². The molecule has 0 amide bonds. The summed E-state index contributed by atoms with van der Waals surface area (Å²) >= 11 is 9.55. The van der Waals surface area contributed by atoms with Gasteiger partial charge in [0.15, 0.2) is 0 Å². The SMILES string of the molecule is CCNC(CCCc1cccs1)c1ccc(Cl)s1. The van der Waals surface area contributed by atoms with Crippen molar-refractivity contribution in [2.24, 2.45) is 0 Å². The van der Waals surface area contributed by atoms with Crippen LogP contribution < -0.4 is 5.32 Å². The Morgan fingerprint density at radius 2 is 2.22 bits per heavy atom. The lowest BCUT2D eigenvalue weighted by atomic mass is 10.1. The summed E-state index contributed by atoms with van der Waals surface area (Å²) in [5.41, 5.74) is 0. The maximum atomic E-state index is 6.01. The van der Waals surface area contributed by atoms with Crippen molar-refractivity contribution in [3.05, 3.63) is 43.7 Å². The van der Waals surface area contributed by atoms with Gasteiger partial charge < -0.3 is 5.32 Å². The maximum absolute atomic E-state index is 6.01. The summed E-state index contributed by atoms with van der Waals surface area (Å²) in [5, 5.41) is 5.70. The topological polar surface area (TPSA) is 12.0 Å². The molecule has 0 bridgehead atoms. The molecule has 0 aliphatic heterocycles. The minimum atomic E-state index is 0.451. The second-order valence-corrected chi connectivity index (χ2v) is 7.00. The third-order valence-electron chi connectivity index (χ3n) is 2.88. The summed E-state index contributed by atoms with van der Waals surface area (Å²) in [6, 6.07) is 8.93. The molecule has 2 rings (SSSR count). The van der Waals surface area contributed by atoms with E-state index in [1.165, 1.54) is 29.0 Å². The Balaban J connectivity index is 1.86. The average Bonchev–Trinajstić information content (AvgIpc) is 2.99. The van der Waals surface area contributed by atoms with E-state index < -0.39 is 0 Å². The summed E-state index contributed by atoms with van der Waals surface area (Å²) in [5.74, 6) is 0. The first-order valence-corrected chi connectivity index (χ1v) is 8.38. The lowest BCUT2D eigenvalue weighted by Crippen LogP contribution is -2.20. The average molecular weight is 300 g/mol. The van der Waals surface area contributed by atoms with Crippen molar-refractivity contribution in [2.75, 3.05) is 6.54 Å². The Bertz CT molecular complexity index is 450. The molecule has 1 nitrogen and oxygen atoms in total. The minimum Gasteiger partial charge on any atom is -0.310 e. The summed E-state index contributed by atoms with van der Waals surface area (Å²) in [6.07, 6.45) is 3.56. The van der Waals surface area contributed by atoms with E-state index in [2.05, 4.69) is 35.8 Å². The highest BCUT2D eigenvalue weighted by molar-refractivity contribution is 7.16. The second kappa shape index (κ2) is 7.29. The first-order chi connectivity index (χ1) is 8.79. The van der Waals surface area contributed by atoms with E-state index in [0.717, 1.165) is 10.9 Å². The molecule has 18 heavy (non-hydrogen) atoms. The quantitative estimate of drug-likeness (QED) is 0.747. The number of halogens is 1. The molecule has 1 atom stereocenters. The Morgan fingerprint density at radius 3 is 2.83 bits per heavy atom. The fourth-order valence-corrected chi connectivity index (χ4v) is 3.96. The van der Waals surface area contributed by atoms with Gasteiger partial charge in [-0.1, -0.05) is 24.6 Å². The third-order valence-corrected chi connectivity index (χ3v) is 5.17. The molecule has 1 N–H and O–H groups in total. The molecule has 0 saturated carbocycles. The van der Waals surface area contributed by atoms with Crippen LogP contribution in [0.2, 0.25) is 4.34 Å². The van der Waals surface area contributed by atoms with Gasteiger partial charge in [-0.3, -0.25) is 0 Å². The zero-order valence-electron chi connectivity index (χ0n) is 10.5. The third kappa shape index (κ3) is 4.09. The van der Waals surface area contributed by atoms with Gasteiger partial charge in [0.1, 0.15) is 0 Å². The maximum Gasteiger partial charge on any atom is 0.0931 e. The Labute approximate surface area is 122 Å². The Hall–Kier alpha value is -0.350. The normalized spacial score (nSPS) is 12.8. The smallest absolute Gasteiger partial charge is 0.0931 e. The van der Waals surface area contributed by atoms with Crippen LogP contribution in [0.5, 0.6) is 0 Å². The highest BCUT2D eigenvalue weighted by atomic mass is 35.5. The van der Waals surface area contributed by atoms with Crippen molar-refractivity contribution in [2.45, 2.75) is 32.2 Å². The fourth-order valence-electron chi connectivity index (χ4n) is 2.04. The van der Waals surface area contributed by atoms with E-state index in [4.69, 9.17) is 11.6 Å². The van der Waals surface area contributed by atoms with Crippen molar-refractivity contribution >= 4 is 34.3 Å². The number of rotatable bonds is 7. The molecule has 98 valence electrons. The zero-order chi connectivity index (χ0) is 12.8. The number of hydrogen-bond acceptors (Lipinski definition) is 3. The van der Waals surface area contributed by atoms with Crippen LogP contribution in [0.15, 0.2) is 29.6 Å². The first-order valence-electron chi connectivity index (χ1n) is 6.30. The molecular formula is C14H18ClNS2. The summed E-state index contributed by atoms with van der Waals surface area (Å²) in [6.45, 7) is 3.15. The van der Waals surface area contributed by atoms with Gasteiger partial charge in [0, 0.05) is 15.8 Å². The van der Waals surface area contributed by atoms with Crippen LogP contribution in [0.25, 0.3) is 0 Å².